The lowest BCUT2D eigenvalue weighted by Gasteiger charge is -2.38. The average Bonchev–Trinajstić information content (AvgIpc) is 2.73. The molecule has 0 bridgehead atoms. The summed E-state index contributed by atoms with van der Waals surface area (Å²) in [7, 11) is 0. The minimum Gasteiger partial charge on any atom is -0.354 e. The topological polar surface area (TPSA) is 56.3 Å². The summed E-state index contributed by atoms with van der Waals surface area (Å²) in [5.74, 6) is 1.04. The third-order valence-corrected chi connectivity index (χ3v) is 5.06. The maximum absolute atomic E-state index is 4.71. The first-order valence-corrected chi connectivity index (χ1v) is 9.26. The highest BCUT2D eigenvalue weighted by atomic mass is 32.1. The fourth-order valence-corrected chi connectivity index (χ4v) is 3.47. The Labute approximate surface area is 158 Å². The number of anilines is 2. The smallest absolute Gasteiger partial charge is 0.128 e. The van der Waals surface area contributed by atoms with E-state index < -0.39 is 0 Å². The first-order chi connectivity index (χ1) is 12.8. The van der Waals surface area contributed by atoms with E-state index in [0.29, 0.717) is 0 Å². The lowest BCUT2D eigenvalue weighted by atomic mass is 10.2. The summed E-state index contributed by atoms with van der Waals surface area (Å²) >= 11 is 4.71. The van der Waals surface area contributed by atoms with Crippen molar-refractivity contribution in [2.75, 3.05) is 36.5 Å². The number of thiol groups is 1. The highest BCUT2D eigenvalue weighted by Gasteiger charge is 2.22. The second-order valence-corrected chi connectivity index (χ2v) is 6.72. The molecule has 1 atom stereocenters. The minimum absolute atomic E-state index is 0.0835. The number of aromatic nitrogens is 2. The molecule has 7 heteroatoms. The van der Waals surface area contributed by atoms with Gasteiger partial charge in [-0.1, -0.05) is 24.3 Å². The van der Waals surface area contributed by atoms with Gasteiger partial charge < -0.3 is 10.3 Å². The van der Waals surface area contributed by atoms with Gasteiger partial charge in [0.1, 0.15) is 11.3 Å². The summed E-state index contributed by atoms with van der Waals surface area (Å²) in [5.41, 5.74) is 8.37. The van der Waals surface area contributed by atoms with Crippen molar-refractivity contribution in [3.05, 3.63) is 60.9 Å². The number of benzene rings is 1. The summed E-state index contributed by atoms with van der Waals surface area (Å²) in [4.78, 5) is 13.5. The molecule has 2 aromatic heterocycles. The van der Waals surface area contributed by atoms with Crippen LogP contribution in [0.2, 0.25) is 0 Å². The predicted molar refractivity (Wildman–Crippen MR) is 109 cm³/mol. The molecular weight excluding hydrogens is 344 g/mol. The van der Waals surface area contributed by atoms with Crippen LogP contribution in [0.15, 0.2) is 60.9 Å². The quantitative estimate of drug-likeness (QED) is 0.367. The molecule has 4 rings (SSSR count). The van der Waals surface area contributed by atoms with Crippen LogP contribution in [-0.2, 0) is 0 Å². The molecule has 1 saturated heterocycles. The number of hydrazine groups is 1. The molecule has 134 valence electrons. The van der Waals surface area contributed by atoms with Crippen LogP contribution in [0.4, 0.5) is 11.5 Å². The van der Waals surface area contributed by atoms with Crippen LogP contribution in [-0.4, -0.2) is 46.5 Å². The van der Waals surface area contributed by atoms with Crippen molar-refractivity contribution in [1.29, 1.82) is 0 Å². The molecule has 0 amide bonds. The minimum atomic E-state index is -0.0835. The van der Waals surface area contributed by atoms with Crippen LogP contribution < -0.4 is 15.8 Å². The average molecular weight is 366 g/mol. The number of piperazine rings is 1. The number of hydrogen-bond donors (Lipinski definition) is 3. The zero-order valence-electron chi connectivity index (χ0n) is 14.4. The molecule has 0 saturated carbocycles. The fourth-order valence-electron chi connectivity index (χ4n) is 3.18. The number of nitrogens with one attached hydrogen (secondary N) is 2. The van der Waals surface area contributed by atoms with Crippen LogP contribution in [0.25, 0.3) is 10.9 Å². The summed E-state index contributed by atoms with van der Waals surface area (Å²) < 4.78 is 0. The van der Waals surface area contributed by atoms with Crippen molar-refractivity contribution in [2.24, 2.45) is 0 Å². The van der Waals surface area contributed by atoms with Crippen LogP contribution in [0, 0.1) is 0 Å². The number of para-hydroxylation sites is 1. The normalized spacial score (nSPS) is 16.6. The van der Waals surface area contributed by atoms with Crippen LogP contribution in [0.1, 0.15) is 0 Å². The first kappa shape index (κ1) is 17.1. The summed E-state index contributed by atoms with van der Waals surface area (Å²) in [5, 5.41) is 1.11. The Morgan fingerprint density at radius 3 is 2.50 bits per heavy atom. The summed E-state index contributed by atoms with van der Waals surface area (Å²) in [6, 6.07) is 16.1. The van der Waals surface area contributed by atoms with Gasteiger partial charge in [-0.3, -0.25) is 9.88 Å². The van der Waals surface area contributed by atoms with Crippen molar-refractivity contribution >= 4 is 35.0 Å². The second-order valence-electron chi connectivity index (χ2n) is 6.23. The Balaban J connectivity index is 1.34. The molecular formula is C19H22N6S. The van der Waals surface area contributed by atoms with Gasteiger partial charge in [0, 0.05) is 44.0 Å². The Morgan fingerprint density at radius 1 is 0.885 bits per heavy atom. The first-order valence-electron chi connectivity index (χ1n) is 8.75. The monoisotopic (exact) mass is 366 g/mol. The third-order valence-electron chi connectivity index (χ3n) is 4.60. The maximum atomic E-state index is 4.71. The zero-order valence-corrected chi connectivity index (χ0v) is 15.3. The van der Waals surface area contributed by atoms with Gasteiger partial charge in [0.15, 0.2) is 0 Å². The van der Waals surface area contributed by atoms with E-state index in [0.717, 1.165) is 48.6 Å². The molecule has 2 N–H and O–H groups in total. The number of hydrogen-bond acceptors (Lipinski definition) is 7. The standard InChI is InChI=1S/C19H22N6S/c26-19(23-22-16-7-3-5-15-6-4-10-21-18(15)16)25-13-11-24(12-14-25)17-8-1-2-9-20-17/h1-10,19,22-23,26H,11-14H2. The van der Waals surface area contributed by atoms with Gasteiger partial charge in [0.25, 0.3) is 0 Å². The van der Waals surface area contributed by atoms with E-state index in [1.54, 1.807) is 0 Å². The second kappa shape index (κ2) is 7.90. The van der Waals surface area contributed by atoms with E-state index in [-0.39, 0.29) is 5.50 Å². The molecule has 26 heavy (non-hydrogen) atoms. The SMILES string of the molecule is SC(NNc1cccc2cccnc12)N1CCN(c2ccccn2)CC1. The van der Waals surface area contributed by atoms with Gasteiger partial charge in [-0.05, 0) is 24.3 Å². The Morgan fingerprint density at radius 2 is 1.69 bits per heavy atom. The van der Waals surface area contributed by atoms with Crippen LogP contribution in [0.3, 0.4) is 0 Å². The highest BCUT2D eigenvalue weighted by Crippen LogP contribution is 2.20. The maximum Gasteiger partial charge on any atom is 0.128 e. The van der Waals surface area contributed by atoms with Gasteiger partial charge in [0.2, 0.25) is 0 Å². The molecule has 1 aromatic carbocycles. The summed E-state index contributed by atoms with van der Waals surface area (Å²) in [6.45, 7) is 3.72. The van der Waals surface area contributed by atoms with Gasteiger partial charge in [0.05, 0.1) is 11.2 Å². The highest BCUT2D eigenvalue weighted by molar-refractivity contribution is 7.80. The van der Waals surface area contributed by atoms with Crippen molar-refractivity contribution in [2.45, 2.75) is 5.50 Å². The number of pyridine rings is 2. The molecule has 1 unspecified atom stereocenters. The van der Waals surface area contributed by atoms with E-state index in [2.05, 4.69) is 48.8 Å². The van der Waals surface area contributed by atoms with Crippen LogP contribution >= 0.6 is 12.6 Å². The molecule has 3 aromatic rings. The van der Waals surface area contributed by atoms with Gasteiger partial charge in [-0.25, -0.2) is 10.4 Å². The molecule has 6 nitrogen and oxygen atoms in total. The number of rotatable bonds is 5. The van der Waals surface area contributed by atoms with Crippen molar-refractivity contribution in [3.63, 3.8) is 0 Å². The predicted octanol–water partition coefficient (Wildman–Crippen LogP) is 2.58. The molecule has 3 heterocycles. The van der Waals surface area contributed by atoms with Crippen molar-refractivity contribution in [1.82, 2.24) is 20.3 Å². The zero-order chi connectivity index (χ0) is 17.8. The molecule has 0 aliphatic carbocycles. The van der Waals surface area contributed by atoms with Gasteiger partial charge >= 0.3 is 0 Å². The molecule has 1 aliphatic heterocycles. The van der Waals surface area contributed by atoms with E-state index in [1.807, 2.05) is 42.7 Å². The van der Waals surface area contributed by atoms with E-state index in [9.17, 15) is 0 Å². The van der Waals surface area contributed by atoms with E-state index >= 15 is 0 Å². The fraction of sp³-hybridized carbons (Fsp3) is 0.263. The molecule has 1 fully saturated rings. The third kappa shape index (κ3) is 3.75. The molecule has 0 radical (unpaired) electrons. The van der Waals surface area contributed by atoms with Crippen LogP contribution in [0.5, 0.6) is 0 Å². The van der Waals surface area contributed by atoms with Gasteiger partial charge in [-0.2, -0.15) is 0 Å². The van der Waals surface area contributed by atoms with E-state index in [1.165, 1.54) is 0 Å². The lowest BCUT2D eigenvalue weighted by Crippen LogP contribution is -2.54. The largest absolute Gasteiger partial charge is 0.354 e. The van der Waals surface area contributed by atoms with Gasteiger partial charge in [-0.15, -0.1) is 12.6 Å². The molecule has 1 aliphatic rings. The number of nitrogens with zero attached hydrogens (tertiary/aromatic N) is 4. The Hall–Kier alpha value is -2.35. The molecule has 0 spiro atoms. The van der Waals surface area contributed by atoms with Crippen molar-refractivity contribution in [3.8, 4) is 0 Å². The number of fused-ring (bicyclic) bond motifs is 1. The van der Waals surface area contributed by atoms with E-state index in [4.69, 9.17) is 12.6 Å². The Kier molecular flexibility index (Phi) is 5.19. The summed E-state index contributed by atoms with van der Waals surface area (Å²) in [6.07, 6.45) is 3.65. The lowest BCUT2D eigenvalue weighted by molar-refractivity contribution is 0.223. The Bertz CT molecular complexity index is 846. The van der Waals surface area contributed by atoms with Crippen molar-refractivity contribution < 1.29 is 0 Å².